The number of anilines is 1. The minimum Gasteiger partial charge on any atom is -0.353 e. The van der Waals surface area contributed by atoms with Crippen LogP contribution >= 0.6 is 11.6 Å². The third kappa shape index (κ3) is 3.52. The number of hydrogen-bond donors (Lipinski definition) is 0. The molecule has 1 fully saturated rings. The Kier molecular flexibility index (Phi) is 5.19. The molecule has 4 rings (SSSR count). The molecule has 3 heterocycles. The van der Waals surface area contributed by atoms with E-state index in [2.05, 4.69) is 9.97 Å². The van der Waals surface area contributed by atoms with Crippen LogP contribution in [0.25, 0.3) is 17.0 Å². The lowest BCUT2D eigenvalue weighted by atomic mass is 10.2. The Hall–Kier alpha value is -3.00. The molecule has 0 unspecified atom stereocenters. The molecule has 3 aromatic rings. The monoisotopic (exact) mass is 429 g/mol. The number of piperazine rings is 1. The zero-order valence-corrected chi connectivity index (χ0v) is 17.7. The van der Waals surface area contributed by atoms with Crippen molar-refractivity contribution < 1.29 is 9.18 Å². The van der Waals surface area contributed by atoms with E-state index in [4.69, 9.17) is 11.6 Å². The molecular weight excluding hydrogens is 409 g/mol. The first-order chi connectivity index (χ1) is 14.3. The molecular formula is C21H21ClFN5O2. The summed E-state index contributed by atoms with van der Waals surface area (Å²) in [6.45, 7) is 7.31. The molecule has 30 heavy (non-hydrogen) atoms. The van der Waals surface area contributed by atoms with Crippen molar-refractivity contribution in [2.45, 2.75) is 20.8 Å². The standard InChI is InChI=1S/C21H21ClFN5O2/c1-12-13(2)24-19-11-18(27-8-6-26(7-9-27)14(3)29)25-20(28(19)21(12)30)16-5-4-15(22)10-17(16)23/h4-5,10-11H,6-9H2,1-3H3. The largest absolute Gasteiger partial charge is 0.353 e. The number of hydrogen-bond acceptors (Lipinski definition) is 5. The Labute approximate surface area is 177 Å². The Morgan fingerprint density at radius 3 is 2.43 bits per heavy atom. The van der Waals surface area contributed by atoms with Gasteiger partial charge in [-0.1, -0.05) is 11.6 Å². The van der Waals surface area contributed by atoms with E-state index in [-0.39, 0.29) is 27.9 Å². The lowest BCUT2D eigenvalue weighted by Gasteiger charge is -2.35. The molecule has 0 radical (unpaired) electrons. The predicted octanol–water partition coefficient (Wildman–Crippen LogP) is 2.83. The molecule has 9 heteroatoms. The molecule has 0 N–H and O–H groups in total. The van der Waals surface area contributed by atoms with Crippen LogP contribution in [0.15, 0.2) is 29.1 Å². The van der Waals surface area contributed by atoms with E-state index in [1.54, 1.807) is 37.8 Å². The summed E-state index contributed by atoms with van der Waals surface area (Å²) in [6, 6.07) is 6.00. The van der Waals surface area contributed by atoms with Crippen molar-refractivity contribution in [3.05, 3.63) is 56.7 Å². The van der Waals surface area contributed by atoms with Crippen LogP contribution in [0, 0.1) is 19.7 Å². The van der Waals surface area contributed by atoms with Gasteiger partial charge in [-0.3, -0.25) is 9.59 Å². The number of amides is 1. The van der Waals surface area contributed by atoms with Gasteiger partial charge in [-0.15, -0.1) is 0 Å². The Balaban J connectivity index is 1.91. The number of aromatic nitrogens is 3. The van der Waals surface area contributed by atoms with Crippen LogP contribution in [0.3, 0.4) is 0 Å². The number of carbonyl (C=O) groups is 1. The summed E-state index contributed by atoms with van der Waals surface area (Å²) in [6.07, 6.45) is 0. The molecule has 1 amide bonds. The highest BCUT2D eigenvalue weighted by Crippen LogP contribution is 2.27. The first-order valence-corrected chi connectivity index (χ1v) is 10.0. The van der Waals surface area contributed by atoms with E-state index >= 15 is 0 Å². The number of fused-ring (bicyclic) bond motifs is 1. The van der Waals surface area contributed by atoms with Gasteiger partial charge < -0.3 is 9.80 Å². The lowest BCUT2D eigenvalue weighted by Crippen LogP contribution is -2.48. The van der Waals surface area contributed by atoms with Gasteiger partial charge in [-0.2, -0.15) is 0 Å². The van der Waals surface area contributed by atoms with Gasteiger partial charge in [0.2, 0.25) is 5.91 Å². The van der Waals surface area contributed by atoms with Crippen LogP contribution in [-0.4, -0.2) is 51.4 Å². The van der Waals surface area contributed by atoms with E-state index in [0.717, 1.165) is 0 Å². The topological polar surface area (TPSA) is 70.8 Å². The number of halogens is 2. The second-order valence-electron chi connectivity index (χ2n) is 7.38. The van der Waals surface area contributed by atoms with Crippen molar-refractivity contribution in [1.29, 1.82) is 0 Å². The summed E-state index contributed by atoms with van der Waals surface area (Å²) in [4.78, 5) is 37.6. The zero-order valence-electron chi connectivity index (χ0n) is 16.9. The van der Waals surface area contributed by atoms with Crippen molar-refractivity contribution in [3.8, 4) is 11.4 Å². The molecule has 1 aromatic carbocycles. The SMILES string of the molecule is CC(=O)N1CCN(c2cc3nc(C)c(C)c(=O)n3c(-c3ccc(Cl)cc3F)n2)CC1. The van der Waals surface area contributed by atoms with Crippen LogP contribution in [0.4, 0.5) is 10.2 Å². The number of carbonyl (C=O) groups excluding carboxylic acids is 1. The fourth-order valence-corrected chi connectivity index (χ4v) is 3.76. The number of nitrogens with zero attached hydrogens (tertiary/aromatic N) is 5. The van der Waals surface area contributed by atoms with Crippen molar-refractivity contribution >= 4 is 29.0 Å². The average Bonchev–Trinajstić information content (AvgIpc) is 2.71. The van der Waals surface area contributed by atoms with Crippen LogP contribution in [0.1, 0.15) is 18.2 Å². The molecule has 0 spiro atoms. The fraction of sp³-hybridized carbons (Fsp3) is 0.333. The van der Waals surface area contributed by atoms with Crippen molar-refractivity contribution in [1.82, 2.24) is 19.3 Å². The Morgan fingerprint density at radius 2 is 1.80 bits per heavy atom. The van der Waals surface area contributed by atoms with Gasteiger partial charge in [0.25, 0.3) is 5.56 Å². The Bertz CT molecular complexity index is 1220. The Morgan fingerprint density at radius 1 is 1.10 bits per heavy atom. The van der Waals surface area contributed by atoms with E-state index < -0.39 is 5.82 Å². The predicted molar refractivity (Wildman–Crippen MR) is 114 cm³/mol. The minimum absolute atomic E-state index is 0.0318. The van der Waals surface area contributed by atoms with Gasteiger partial charge in [0, 0.05) is 55.4 Å². The first-order valence-electron chi connectivity index (χ1n) is 9.63. The molecule has 0 atom stereocenters. The summed E-state index contributed by atoms with van der Waals surface area (Å²) in [5.74, 6) is 0.216. The highest BCUT2D eigenvalue weighted by molar-refractivity contribution is 6.30. The second kappa shape index (κ2) is 7.68. The maximum atomic E-state index is 14.8. The van der Waals surface area contributed by atoms with Crippen LogP contribution in [-0.2, 0) is 4.79 Å². The maximum Gasteiger partial charge on any atom is 0.262 e. The summed E-state index contributed by atoms with van der Waals surface area (Å²) < 4.78 is 16.1. The van der Waals surface area contributed by atoms with Gasteiger partial charge in [-0.25, -0.2) is 18.8 Å². The van der Waals surface area contributed by atoms with Crippen molar-refractivity contribution in [2.24, 2.45) is 0 Å². The quantitative estimate of drug-likeness (QED) is 0.626. The molecule has 2 aromatic heterocycles. The second-order valence-corrected chi connectivity index (χ2v) is 7.81. The van der Waals surface area contributed by atoms with Crippen LogP contribution in [0.5, 0.6) is 0 Å². The first kappa shape index (κ1) is 20.3. The van der Waals surface area contributed by atoms with Gasteiger partial charge >= 0.3 is 0 Å². The number of aryl methyl sites for hydroxylation is 1. The third-order valence-corrected chi connectivity index (χ3v) is 5.72. The molecule has 7 nitrogen and oxygen atoms in total. The van der Waals surface area contributed by atoms with E-state index in [1.807, 2.05) is 4.90 Å². The van der Waals surface area contributed by atoms with Gasteiger partial charge in [-0.05, 0) is 32.0 Å². The van der Waals surface area contributed by atoms with Crippen molar-refractivity contribution in [3.63, 3.8) is 0 Å². The molecule has 0 bridgehead atoms. The van der Waals surface area contributed by atoms with Crippen LogP contribution < -0.4 is 10.5 Å². The summed E-state index contributed by atoms with van der Waals surface area (Å²) >= 11 is 5.91. The highest BCUT2D eigenvalue weighted by Gasteiger charge is 2.23. The third-order valence-electron chi connectivity index (χ3n) is 5.49. The van der Waals surface area contributed by atoms with E-state index in [9.17, 15) is 14.0 Å². The highest BCUT2D eigenvalue weighted by atomic mass is 35.5. The molecule has 156 valence electrons. The summed E-state index contributed by atoms with van der Waals surface area (Å²) in [7, 11) is 0. The molecule has 1 aliphatic rings. The summed E-state index contributed by atoms with van der Waals surface area (Å²) in [5.41, 5.74) is 1.36. The van der Waals surface area contributed by atoms with Crippen LogP contribution in [0.2, 0.25) is 5.02 Å². The van der Waals surface area contributed by atoms with E-state index in [0.29, 0.717) is 48.9 Å². The van der Waals surface area contributed by atoms with Gasteiger partial charge in [0.1, 0.15) is 17.3 Å². The molecule has 0 aliphatic carbocycles. The fourth-order valence-electron chi connectivity index (χ4n) is 3.60. The van der Waals surface area contributed by atoms with E-state index in [1.165, 1.54) is 16.5 Å². The average molecular weight is 430 g/mol. The number of benzene rings is 1. The molecule has 1 aliphatic heterocycles. The summed E-state index contributed by atoms with van der Waals surface area (Å²) in [5, 5.41) is 0.259. The normalized spacial score (nSPS) is 14.4. The lowest BCUT2D eigenvalue weighted by molar-refractivity contribution is -0.129. The van der Waals surface area contributed by atoms with Crippen molar-refractivity contribution in [2.75, 3.05) is 31.1 Å². The van der Waals surface area contributed by atoms with Gasteiger partial charge in [0.05, 0.1) is 5.56 Å². The maximum absolute atomic E-state index is 14.8. The number of rotatable bonds is 2. The molecule has 1 saturated heterocycles. The zero-order chi connectivity index (χ0) is 21.6. The van der Waals surface area contributed by atoms with Gasteiger partial charge in [0.15, 0.2) is 5.82 Å². The smallest absolute Gasteiger partial charge is 0.262 e. The molecule has 0 saturated carbocycles. The minimum atomic E-state index is -0.569.